The zero-order valence-electron chi connectivity index (χ0n) is 11.2. The van der Waals surface area contributed by atoms with Crippen LogP contribution in [0.15, 0.2) is 18.2 Å². The molecule has 0 heterocycles. The maximum atomic E-state index is 13.0. The van der Waals surface area contributed by atoms with Crippen LogP contribution in [0.3, 0.4) is 0 Å². The van der Waals surface area contributed by atoms with E-state index in [-0.39, 0.29) is 29.6 Å². The zero-order valence-corrected chi connectivity index (χ0v) is 12.0. The van der Waals surface area contributed by atoms with Crippen molar-refractivity contribution in [3.05, 3.63) is 34.6 Å². The van der Waals surface area contributed by atoms with Crippen molar-refractivity contribution in [2.75, 3.05) is 0 Å². The third-order valence-corrected chi connectivity index (χ3v) is 3.84. The summed E-state index contributed by atoms with van der Waals surface area (Å²) in [6.45, 7) is 0.223. The number of carbonyl (C=O) groups is 2. The second-order valence-electron chi connectivity index (χ2n) is 5.12. The Morgan fingerprint density at radius 2 is 2.14 bits per heavy atom. The quantitative estimate of drug-likeness (QED) is 0.799. The molecule has 2 rings (SSSR count). The lowest BCUT2D eigenvalue weighted by Crippen LogP contribution is -2.40. The summed E-state index contributed by atoms with van der Waals surface area (Å²) in [6, 6.07) is 3.74. The van der Waals surface area contributed by atoms with Crippen molar-refractivity contribution in [1.82, 2.24) is 10.6 Å². The first-order valence-electron chi connectivity index (χ1n) is 6.67. The Bertz CT molecular complexity index is 553. The first kappa shape index (κ1) is 15.6. The van der Waals surface area contributed by atoms with E-state index in [0.29, 0.717) is 24.8 Å². The van der Waals surface area contributed by atoms with Gasteiger partial charge in [0.1, 0.15) is 5.82 Å². The van der Waals surface area contributed by atoms with Crippen LogP contribution in [0.4, 0.5) is 9.18 Å². The van der Waals surface area contributed by atoms with Crippen LogP contribution in [0.5, 0.6) is 0 Å². The molecule has 1 saturated carbocycles. The fourth-order valence-corrected chi connectivity index (χ4v) is 2.61. The second-order valence-corrected chi connectivity index (χ2v) is 5.53. The van der Waals surface area contributed by atoms with Crippen molar-refractivity contribution >= 4 is 23.6 Å². The summed E-state index contributed by atoms with van der Waals surface area (Å²) in [5, 5.41) is 14.3. The summed E-state index contributed by atoms with van der Waals surface area (Å²) in [5.74, 6) is -1.71. The maximum Gasteiger partial charge on any atom is 0.315 e. The summed E-state index contributed by atoms with van der Waals surface area (Å²) >= 11 is 5.65. The van der Waals surface area contributed by atoms with Crippen LogP contribution in [-0.2, 0) is 11.3 Å². The van der Waals surface area contributed by atoms with Crippen molar-refractivity contribution in [1.29, 1.82) is 0 Å². The number of urea groups is 1. The number of carboxylic acid groups (broad SMARTS) is 1. The molecule has 0 saturated heterocycles. The second kappa shape index (κ2) is 6.76. The Labute approximate surface area is 126 Å². The Hall–Kier alpha value is -1.82. The lowest BCUT2D eigenvalue weighted by Gasteiger charge is -2.13. The molecule has 3 N–H and O–H groups in total. The summed E-state index contributed by atoms with van der Waals surface area (Å²) in [4.78, 5) is 22.6. The van der Waals surface area contributed by atoms with Crippen LogP contribution >= 0.6 is 11.6 Å². The summed E-state index contributed by atoms with van der Waals surface area (Å²) in [6.07, 6.45) is 1.69. The molecule has 0 radical (unpaired) electrons. The third-order valence-electron chi connectivity index (χ3n) is 3.55. The van der Waals surface area contributed by atoms with Crippen molar-refractivity contribution in [2.24, 2.45) is 5.92 Å². The topological polar surface area (TPSA) is 78.4 Å². The fraction of sp³-hybridized carbons (Fsp3) is 0.429. The van der Waals surface area contributed by atoms with Crippen LogP contribution in [0, 0.1) is 11.7 Å². The molecule has 0 bridgehead atoms. The zero-order chi connectivity index (χ0) is 15.4. The highest BCUT2D eigenvalue weighted by molar-refractivity contribution is 6.30. The van der Waals surface area contributed by atoms with E-state index in [1.165, 1.54) is 18.2 Å². The van der Waals surface area contributed by atoms with Gasteiger partial charge < -0.3 is 15.7 Å². The van der Waals surface area contributed by atoms with Crippen molar-refractivity contribution in [2.45, 2.75) is 31.8 Å². The lowest BCUT2D eigenvalue weighted by molar-refractivity contribution is -0.141. The molecule has 0 unspecified atom stereocenters. The number of carbonyl (C=O) groups excluding carboxylic acids is 1. The Morgan fingerprint density at radius 3 is 2.76 bits per heavy atom. The summed E-state index contributed by atoms with van der Waals surface area (Å²) < 4.78 is 13.0. The van der Waals surface area contributed by atoms with Gasteiger partial charge in [0.05, 0.1) is 10.9 Å². The van der Waals surface area contributed by atoms with Crippen LogP contribution in [-0.4, -0.2) is 23.1 Å². The lowest BCUT2D eigenvalue weighted by atomic mass is 10.1. The van der Waals surface area contributed by atoms with Crippen LogP contribution in [0.1, 0.15) is 24.8 Å². The van der Waals surface area contributed by atoms with Gasteiger partial charge in [-0.2, -0.15) is 0 Å². The minimum Gasteiger partial charge on any atom is -0.481 e. The highest BCUT2D eigenvalue weighted by atomic mass is 35.5. The molecule has 0 aromatic heterocycles. The molecule has 0 spiro atoms. The maximum absolute atomic E-state index is 13.0. The Kier molecular flexibility index (Phi) is 5.01. The molecule has 1 aromatic rings. The molecule has 2 amide bonds. The van der Waals surface area contributed by atoms with E-state index in [1.54, 1.807) is 0 Å². The van der Waals surface area contributed by atoms with E-state index in [1.807, 2.05) is 0 Å². The van der Waals surface area contributed by atoms with Gasteiger partial charge in [-0.05, 0) is 37.0 Å². The standard InChI is InChI=1S/C14H16ClFN2O3/c15-11-5-8(1-4-12(11)16)7-17-14(21)18-10-3-2-9(6-10)13(19)20/h1,4-5,9-10H,2-3,6-7H2,(H,19,20)(H2,17,18,21)/t9-,10+/m1/s1. The van der Waals surface area contributed by atoms with Crippen LogP contribution in [0.25, 0.3) is 0 Å². The monoisotopic (exact) mass is 314 g/mol. The van der Waals surface area contributed by atoms with Gasteiger partial charge in [-0.3, -0.25) is 4.79 Å². The highest BCUT2D eigenvalue weighted by Crippen LogP contribution is 2.25. The van der Waals surface area contributed by atoms with Gasteiger partial charge in [-0.25, -0.2) is 9.18 Å². The fourth-order valence-electron chi connectivity index (χ4n) is 2.41. The number of halogens is 2. The van der Waals surface area contributed by atoms with Crippen molar-refractivity contribution in [3.63, 3.8) is 0 Å². The number of hydrogen-bond donors (Lipinski definition) is 3. The number of rotatable bonds is 4. The minimum atomic E-state index is -0.819. The average molecular weight is 315 g/mol. The van der Waals surface area contributed by atoms with Gasteiger partial charge >= 0.3 is 12.0 Å². The van der Waals surface area contributed by atoms with E-state index in [9.17, 15) is 14.0 Å². The normalized spacial score (nSPS) is 21.0. The Balaban J connectivity index is 1.77. The van der Waals surface area contributed by atoms with E-state index < -0.39 is 11.8 Å². The van der Waals surface area contributed by atoms with Gasteiger partial charge in [0.25, 0.3) is 0 Å². The number of amides is 2. The van der Waals surface area contributed by atoms with Crippen molar-refractivity contribution < 1.29 is 19.1 Å². The number of carboxylic acids is 1. The molecule has 21 heavy (non-hydrogen) atoms. The summed E-state index contributed by atoms with van der Waals surface area (Å²) in [5.41, 5.74) is 0.686. The van der Waals surface area contributed by atoms with Gasteiger partial charge in [-0.15, -0.1) is 0 Å². The van der Waals surface area contributed by atoms with E-state index in [4.69, 9.17) is 16.7 Å². The molecule has 1 fully saturated rings. The molecular formula is C14H16ClFN2O3. The van der Waals surface area contributed by atoms with Gasteiger partial charge in [0.2, 0.25) is 0 Å². The van der Waals surface area contributed by atoms with Gasteiger partial charge in [0.15, 0.2) is 0 Å². The molecule has 5 nitrogen and oxygen atoms in total. The molecule has 1 aliphatic carbocycles. The van der Waals surface area contributed by atoms with E-state index in [2.05, 4.69) is 10.6 Å². The average Bonchev–Trinajstić information content (AvgIpc) is 2.89. The number of aliphatic carboxylic acids is 1. The van der Waals surface area contributed by atoms with Gasteiger partial charge in [-0.1, -0.05) is 17.7 Å². The van der Waals surface area contributed by atoms with Crippen LogP contribution in [0.2, 0.25) is 5.02 Å². The highest BCUT2D eigenvalue weighted by Gasteiger charge is 2.30. The molecular weight excluding hydrogens is 299 g/mol. The van der Waals surface area contributed by atoms with Crippen molar-refractivity contribution in [3.8, 4) is 0 Å². The smallest absolute Gasteiger partial charge is 0.315 e. The molecule has 114 valence electrons. The Morgan fingerprint density at radius 1 is 1.38 bits per heavy atom. The van der Waals surface area contributed by atoms with Crippen LogP contribution < -0.4 is 10.6 Å². The third kappa shape index (κ3) is 4.32. The number of benzene rings is 1. The predicted molar refractivity (Wildman–Crippen MR) is 75.5 cm³/mol. The predicted octanol–water partition coefficient (Wildman–Crippen LogP) is 2.53. The summed E-state index contributed by atoms with van der Waals surface area (Å²) in [7, 11) is 0. The minimum absolute atomic E-state index is 0.00908. The van der Waals surface area contributed by atoms with E-state index >= 15 is 0 Å². The first-order valence-corrected chi connectivity index (χ1v) is 7.04. The largest absolute Gasteiger partial charge is 0.481 e. The van der Waals surface area contributed by atoms with E-state index in [0.717, 1.165) is 0 Å². The number of nitrogens with one attached hydrogen (secondary N) is 2. The molecule has 1 aliphatic rings. The molecule has 2 atom stereocenters. The first-order chi connectivity index (χ1) is 9.95. The molecule has 1 aromatic carbocycles. The molecule has 0 aliphatic heterocycles. The SMILES string of the molecule is O=C(NCc1ccc(F)c(Cl)c1)N[C@H]1CC[C@@H](C(=O)O)C1. The van der Waals surface area contributed by atoms with Gasteiger partial charge in [0, 0.05) is 12.6 Å². The number of hydrogen-bond acceptors (Lipinski definition) is 2. The molecule has 7 heteroatoms.